The van der Waals surface area contributed by atoms with E-state index in [-0.39, 0.29) is 17.9 Å². The third kappa shape index (κ3) is 5.21. The Kier molecular flexibility index (Phi) is 6.65. The van der Waals surface area contributed by atoms with Gasteiger partial charge in [0, 0.05) is 26.2 Å². The fourth-order valence-electron chi connectivity index (χ4n) is 3.23. The number of amides is 1. The molecule has 2 aliphatic rings. The van der Waals surface area contributed by atoms with Crippen LogP contribution in [0.3, 0.4) is 0 Å². The molecule has 0 aromatic carbocycles. The lowest BCUT2D eigenvalue weighted by atomic mass is 9.89. The molecule has 3 rings (SSSR count). The number of fused-ring (bicyclic) bond motifs is 1. The summed E-state index contributed by atoms with van der Waals surface area (Å²) in [6.45, 7) is 2.33. The highest BCUT2D eigenvalue weighted by atomic mass is 19.4. The third-order valence-electron chi connectivity index (χ3n) is 4.41. The highest BCUT2D eigenvalue weighted by Crippen LogP contribution is 2.32. The van der Waals surface area contributed by atoms with Gasteiger partial charge in [-0.3, -0.25) is 9.69 Å². The Hall–Kier alpha value is -2.07. The molecule has 2 fully saturated rings. The lowest BCUT2D eigenvalue weighted by molar-refractivity contribution is -0.192. The number of carboxylic acids is 1. The number of piperidine rings is 1. The van der Waals surface area contributed by atoms with Crippen LogP contribution in [-0.2, 0) is 20.9 Å². The standard InChI is InChI=1S/C14H20N2O3.C2HF3O2/c1-15-14(17)10-7-13-12(4-6-19-13)16(8-10)9-11-3-2-5-18-11;3-2(4,5)1(6)7/h2-3,5,10,12-13H,4,6-9H2,1H3,(H,15,17);(H,6,7)/t10-,12+,13+;/m0./s1. The quantitative estimate of drug-likeness (QED) is 0.831. The number of nitrogens with one attached hydrogen (secondary N) is 1. The normalized spacial score (nSPS) is 25.8. The molecule has 1 aromatic rings. The van der Waals surface area contributed by atoms with E-state index in [2.05, 4.69) is 10.2 Å². The highest BCUT2D eigenvalue weighted by Gasteiger charge is 2.42. The van der Waals surface area contributed by atoms with Gasteiger partial charge in [0.25, 0.3) is 0 Å². The van der Waals surface area contributed by atoms with Crippen molar-refractivity contribution in [3.8, 4) is 0 Å². The van der Waals surface area contributed by atoms with E-state index in [1.807, 2.05) is 12.1 Å². The molecule has 0 bridgehead atoms. The van der Waals surface area contributed by atoms with Gasteiger partial charge in [-0.2, -0.15) is 13.2 Å². The van der Waals surface area contributed by atoms with Gasteiger partial charge in [0.2, 0.25) is 5.91 Å². The Labute approximate surface area is 148 Å². The topological polar surface area (TPSA) is 92.0 Å². The van der Waals surface area contributed by atoms with Crippen molar-refractivity contribution < 1.29 is 37.0 Å². The molecular formula is C16H21F3N2O5. The van der Waals surface area contributed by atoms with E-state index in [0.29, 0.717) is 6.04 Å². The molecule has 7 nitrogen and oxygen atoms in total. The predicted octanol–water partition coefficient (Wildman–Crippen LogP) is 1.64. The number of alkyl halides is 3. The molecule has 0 unspecified atom stereocenters. The molecule has 2 aliphatic heterocycles. The number of hydrogen-bond acceptors (Lipinski definition) is 5. The Morgan fingerprint density at radius 3 is 2.65 bits per heavy atom. The summed E-state index contributed by atoms with van der Waals surface area (Å²) in [6.07, 6.45) is -1.32. The zero-order chi connectivity index (χ0) is 19.3. The summed E-state index contributed by atoms with van der Waals surface area (Å²) in [5.41, 5.74) is 0. The minimum atomic E-state index is -5.08. The number of carbonyl (C=O) groups excluding carboxylic acids is 1. The summed E-state index contributed by atoms with van der Waals surface area (Å²) in [7, 11) is 1.70. The summed E-state index contributed by atoms with van der Waals surface area (Å²) in [6, 6.07) is 4.30. The maximum Gasteiger partial charge on any atom is 0.490 e. The van der Waals surface area contributed by atoms with Crippen LogP contribution in [0.4, 0.5) is 13.2 Å². The first-order valence-electron chi connectivity index (χ1n) is 8.12. The van der Waals surface area contributed by atoms with E-state index in [4.69, 9.17) is 19.1 Å². The van der Waals surface area contributed by atoms with Crippen molar-refractivity contribution >= 4 is 11.9 Å². The van der Waals surface area contributed by atoms with Gasteiger partial charge in [-0.1, -0.05) is 0 Å². The first kappa shape index (κ1) is 20.2. The number of aliphatic carboxylic acids is 1. The predicted molar refractivity (Wildman–Crippen MR) is 83.1 cm³/mol. The van der Waals surface area contributed by atoms with Gasteiger partial charge in [-0.15, -0.1) is 0 Å². The van der Waals surface area contributed by atoms with E-state index >= 15 is 0 Å². The number of likely N-dealkylation sites (tertiary alicyclic amines) is 1. The van der Waals surface area contributed by atoms with Crippen LogP contribution in [0.2, 0.25) is 0 Å². The van der Waals surface area contributed by atoms with Crippen LogP contribution in [0.25, 0.3) is 0 Å². The van der Waals surface area contributed by atoms with Crippen LogP contribution in [0.15, 0.2) is 22.8 Å². The van der Waals surface area contributed by atoms with Crippen molar-refractivity contribution in [1.29, 1.82) is 0 Å². The fourth-order valence-corrected chi connectivity index (χ4v) is 3.23. The largest absolute Gasteiger partial charge is 0.490 e. The Morgan fingerprint density at radius 2 is 2.12 bits per heavy atom. The first-order valence-corrected chi connectivity index (χ1v) is 8.12. The molecule has 3 heterocycles. The Balaban J connectivity index is 0.000000298. The summed E-state index contributed by atoms with van der Waals surface area (Å²) in [5.74, 6) is -1.69. The van der Waals surface area contributed by atoms with Gasteiger partial charge < -0.3 is 19.6 Å². The molecule has 0 saturated carbocycles. The maximum absolute atomic E-state index is 11.9. The molecule has 146 valence electrons. The summed E-state index contributed by atoms with van der Waals surface area (Å²) >= 11 is 0. The van der Waals surface area contributed by atoms with Gasteiger partial charge in [0.05, 0.1) is 24.8 Å². The molecule has 2 saturated heterocycles. The van der Waals surface area contributed by atoms with E-state index in [1.165, 1.54) is 0 Å². The van der Waals surface area contributed by atoms with E-state index in [1.54, 1.807) is 13.3 Å². The lowest BCUT2D eigenvalue weighted by Gasteiger charge is -2.39. The number of nitrogens with zero attached hydrogens (tertiary/aromatic N) is 1. The summed E-state index contributed by atoms with van der Waals surface area (Å²) in [4.78, 5) is 23.1. The molecule has 0 radical (unpaired) electrons. The monoisotopic (exact) mass is 378 g/mol. The van der Waals surface area contributed by atoms with E-state index in [0.717, 1.165) is 38.3 Å². The van der Waals surface area contributed by atoms with Crippen molar-refractivity contribution in [2.45, 2.75) is 37.7 Å². The first-order chi connectivity index (χ1) is 12.2. The molecule has 1 aromatic heterocycles. The molecule has 2 N–H and O–H groups in total. The second kappa shape index (κ2) is 8.54. The van der Waals surface area contributed by atoms with Crippen LogP contribution in [-0.4, -0.2) is 60.4 Å². The van der Waals surface area contributed by atoms with Crippen molar-refractivity contribution in [2.24, 2.45) is 5.92 Å². The van der Waals surface area contributed by atoms with Crippen LogP contribution in [0.1, 0.15) is 18.6 Å². The second-order valence-corrected chi connectivity index (χ2v) is 6.12. The number of rotatable bonds is 3. The zero-order valence-electron chi connectivity index (χ0n) is 14.2. The van der Waals surface area contributed by atoms with Crippen molar-refractivity contribution in [3.05, 3.63) is 24.2 Å². The number of halogens is 3. The smallest absolute Gasteiger partial charge is 0.475 e. The van der Waals surface area contributed by atoms with Gasteiger partial charge >= 0.3 is 12.1 Å². The fraction of sp³-hybridized carbons (Fsp3) is 0.625. The minimum Gasteiger partial charge on any atom is -0.475 e. The maximum atomic E-state index is 11.9. The van der Waals surface area contributed by atoms with Crippen LogP contribution in [0, 0.1) is 5.92 Å². The molecule has 3 atom stereocenters. The Morgan fingerprint density at radius 1 is 1.42 bits per heavy atom. The average Bonchev–Trinajstić information content (AvgIpc) is 3.24. The summed E-state index contributed by atoms with van der Waals surface area (Å²) in [5, 5.41) is 9.87. The molecule has 1 amide bonds. The molecule has 26 heavy (non-hydrogen) atoms. The second-order valence-electron chi connectivity index (χ2n) is 6.12. The molecule has 0 aliphatic carbocycles. The number of carbonyl (C=O) groups is 2. The van der Waals surface area contributed by atoms with Crippen molar-refractivity contribution in [3.63, 3.8) is 0 Å². The molecule has 0 spiro atoms. The minimum absolute atomic E-state index is 0.0133. The number of furan rings is 1. The van der Waals surface area contributed by atoms with Crippen molar-refractivity contribution in [1.82, 2.24) is 10.2 Å². The van der Waals surface area contributed by atoms with Crippen LogP contribution in [0.5, 0.6) is 0 Å². The van der Waals surface area contributed by atoms with Gasteiger partial charge in [-0.25, -0.2) is 4.79 Å². The highest BCUT2D eigenvalue weighted by molar-refractivity contribution is 5.78. The number of hydrogen-bond donors (Lipinski definition) is 2. The average molecular weight is 378 g/mol. The van der Waals surface area contributed by atoms with Crippen LogP contribution >= 0.6 is 0 Å². The number of carboxylic acid groups (broad SMARTS) is 1. The zero-order valence-corrected chi connectivity index (χ0v) is 14.2. The van der Waals surface area contributed by atoms with Crippen LogP contribution < -0.4 is 5.32 Å². The third-order valence-corrected chi connectivity index (χ3v) is 4.41. The lowest BCUT2D eigenvalue weighted by Crippen LogP contribution is -2.52. The summed E-state index contributed by atoms with van der Waals surface area (Å²) < 4.78 is 42.9. The van der Waals surface area contributed by atoms with E-state index < -0.39 is 12.1 Å². The van der Waals surface area contributed by atoms with Gasteiger partial charge in [0.1, 0.15) is 5.76 Å². The van der Waals surface area contributed by atoms with Crippen molar-refractivity contribution in [2.75, 3.05) is 20.2 Å². The van der Waals surface area contributed by atoms with E-state index in [9.17, 15) is 18.0 Å². The van der Waals surface area contributed by atoms with Gasteiger partial charge in [0.15, 0.2) is 0 Å². The number of ether oxygens (including phenoxy) is 1. The Bertz CT molecular complexity index is 606. The molecule has 10 heteroatoms. The van der Waals surface area contributed by atoms with Gasteiger partial charge in [-0.05, 0) is 25.0 Å². The molecular weight excluding hydrogens is 357 g/mol. The SMILES string of the molecule is CNC(=O)[C@H]1C[C@H]2OCC[C@H]2N(Cc2ccco2)C1.O=C(O)C(F)(F)F.